The van der Waals surface area contributed by atoms with Gasteiger partial charge < -0.3 is 10.4 Å². The molecule has 0 aliphatic rings. The zero-order chi connectivity index (χ0) is 11.2. The molecule has 0 bridgehead atoms. The first kappa shape index (κ1) is 13.4. The van der Waals surface area contributed by atoms with E-state index >= 15 is 0 Å². The summed E-state index contributed by atoms with van der Waals surface area (Å²) in [6, 6.07) is 0. The Kier molecular flexibility index (Phi) is 5.77. The highest BCUT2D eigenvalue weighted by atomic mass is 16.3. The number of amides is 1. The monoisotopic (exact) mass is 201 g/mol. The normalized spacial score (nSPS) is 13.8. The van der Waals surface area contributed by atoms with Gasteiger partial charge in [-0.2, -0.15) is 0 Å². The first-order valence-electron chi connectivity index (χ1n) is 5.29. The Bertz CT molecular complexity index is 169. The van der Waals surface area contributed by atoms with Crippen LogP contribution in [-0.4, -0.2) is 24.2 Å². The average Bonchev–Trinajstić information content (AvgIpc) is 2.04. The van der Waals surface area contributed by atoms with Crippen LogP contribution in [0.15, 0.2) is 0 Å². The Morgan fingerprint density at radius 2 is 2.00 bits per heavy atom. The van der Waals surface area contributed by atoms with E-state index < -0.39 is 0 Å². The van der Waals surface area contributed by atoms with Gasteiger partial charge in [-0.05, 0) is 18.3 Å². The second kappa shape index (κ2) is 6.02. The Morgan fingerprint density at radius 1 is 1.43 bits per heavy atom. The van der Waals surface area contributed by atoms with Crippen LogP contribution in [0, 0.1) is 11.3 Å². The molecule has 0 heterocycles. The van der Waals surface area contributed by atoms with Gasteiger partial charge in [-0.15, -0.1) is 0 Å². The fourth-order valence-corrected chi connectivity index (χ4v) is 1.10. The highest BCUT2D eigenvalue weighted by Gasteiger charge is 2.16. The molecule has 1 atom stereocenters. The summed E-state index contributed by atoms with van der Waals surface area (Å²) < 4.78 is 0. The summed E-state index contributed by atoms with van der Waals surface area (Å²) in [5.41, 5.74) is 0.244. The van der Waals surface area contributed by atoms with Crippen molar-refractivity contribution in [3.8, 4) is 0 Å². The third kappa shape index (κ3) is 5.97. The number of hydrogen-bond acceptors (Lipinski definition) is 2. The van der Waals surface area contributed by atoms with Crippen molar-refractivity contribution >= 4 is 5.91 Å². The van der Waals surface area contributed by atoms with Gasteiger partial charge in [0, 0.05) is 6.54 Å². The topological polar surface area (TPSA) is 49.3 Å². The lowest BCUT2D eigenvalue weighted by atomic mass is 9.92. The van der Waals surface area contributed by atoms with E-state index in [1.165, 1.54) is 0 Å². The van der Waals surface area contributed by atoms with Gasteiger partial charge >= 0.3 is 0 Å². The van der Waals surface area contributed by atoms with E-state index in [4.69, 9.17) is 5.11 Å². The Morgan fingerprint density at radius 3 is 2.36 bits per heavy atom. The van der Waals surface area contributed by atoms with Crippen LogP contribution in [0.1, 0.15) is 40.5 Å². The molecule has 14 heavy (non-hydrogen) atoms. The molecule has 0 aromatic carbocycles. The molecule has 3 nitrogen and oxygen atoms in total. The molecule has 0 radical (unpaired) electrons. The SMILES string of the molecule is CCC(CO)C(=O)NCCC(C)(C)C. The van der Waals surface area contributed by atoms with Gasteiger partial charge in [0.25, 0.3) is 0 Å². The van der Waals surface area contributed by atoms with E-state index in [-0.39, 0.29) is 23.8 Å². The molecule has 1 unspecified atom stereocenters. The van der Waals surface area contributed by atoms with Crippen LogP contribution >= 0.6 is 0 Å². The summed E-state index contributed by atoms with van der Waals surface area (Å²) in [6.07, 6.45) is 1.65. The Labute approximate surface area is 86.9 Å². The maximum absolute atomic E-state index is 11.4. The van der Waals surface area contributed by atoms with Crippen molar-refractivity contribution in [3.05, 3.63) is 0 Å². The third-order valence-electron chi connectivity index (χ3n) is 2.26. The molecule has 0 spiro atoms. The maximum Gasteiger partial charge on any atom is 0.225 e. The van der Waals surface area contributed by atoms with E-state index in [2.05, 4.69) is 26.1 Å². The summed E-state index contributed by atoms with van der Waals surface area (Å²) in [7, 11) is 0. The number of carbonyl (C=O) groups excluding carboxylic acids is 1. The molecule has 3 heteroatoms. The Hall–Kier alpha value is -0.570. The molecule has 84 valence electrons. The molecule has 0 aliphatic carbocycles. The van der Waals surface area contributed by atoms with Crippen LogP contribution in [0.25, 0.3) is 0 Å². The second-order valence-electron chi connectivity index (χ2n) is 4.89. The smallest absolute Gasteiger partial charge is 0.225 e. The quantitative estimate of drug-likeness (QED) is 0.709. The standard InChI is InChI=1S/C11H23NO2/c1-5-9(8-13)10(14)12-7-6-11(2,3)4/h9,13H,5-8H2,1-4H3,(H,12,14). The van der Waals surface area contributed by atoms with E-state index in [1.54, 1.807) is 0 Å². The molecule has 0 fully saturated rings. The molecule has 0 rings (SSSR count). The number of aliphatic hydroxyl groups is 1. The van der Waals surface area contributed by atoms with Crippen molar-refractivity contribution in [2.75, 3.05) is 13.2 Å². The van der Waals surface area contributed by atoms with Crippen LogP contribution in [0.3, 0.4) is 0 Å². The predicted molar refractivity (Wildman–Crippen MR) is 57.9 cm³/mol. The second-order valence-corrected chi connectivity index (χ2v) is 4.89. The summed E-state index contributed by atoms with van der Waals surface area (Å²) in [5, 5.41) is 11.7. The van der Waals surface area contributed by atoms with Crippen LogP contribution in [0.4, 0.5) is 0 Å². The molecular formula is C11H23NO2. The fourth-order valence-electron chi connectivity index (χ4n) is 1.10. The molecule has 1 amide bonds. The van der Waals surface area contributed by atoms with Gasteiger partial charge in [-0.3, -0.25) is 4.79 Å². The molecule has 0 aromatic heterocycles. The molecule has 0 saturated carbocycles. The molecule has 0 saturated heterocycles. The largest absolute Gasteiger partial charge is 0.396 e. The van der Waals surface area contributed by atoms with Crippen molar-refractivity contribution in [3.63, 3.8) is 0 Å². The Balaban J connectivity index is 3.74. The first-order chi connectivity index (χ1) is 6.40. The van der Waals surface area contributed by atoms with Crippen molar-refractivity contribution in [2.45, 2.75) is 40.5 Å². The number of hydrogen-bond donors (Lipinski definition) is 2. The highest BCUT2D eigenvalue weighted by Crippen LogP contribution is 2.17. The van der Waals surface area contributed by atoms with E-state index in [0.29, 0.717) is 13.0 Å². The van der Waals surface area contributed by atoms with Crippen LogP contribution in [0.5, 0.6) is 0 Å². The molecule has 2 N–H and O–H groups in total. The van der Waals surface area contributed by atoms with Gasteiger partial charge in [-0.1, -0.05) is 27.7 Å². The van der Waals surface area contributed by atoms with Gasteiger partial charge in [0.05, 0.1) is 12.5 Å². The lowest BCUT2D eigenvalue weighted by Crippen LogP contribution is -2.34. The minimum atomic E-state index is -0.241. The average molecular weight is 201 g/mol. The summed E-state index contributed by atoms with van der Waals surface area (Å²) >= 11 is 0. The molecular weight excluding hydrogens is 178 g/mol. The van der Waals surface area contributed by atoms with E-state index in [1.807, 2.05) is 6.92 Å². The van der Waals surface area contributed by atoms with Crippen molar-refractivity contribution < 1.29 is 9.90 Å². The van der Waals surface area contributed by atoms with Gasteiger partial charge in [-0.25, -0.2) is 0 Å². The zero-order valence-electron chi connectivity index (χ0n) is 9.76. The minimum Gasteiger partial charge on any atom is -0.396 e. The highest BCUT2D eigenvalue weighted by molar-refractivity contribution is 5.78. The minimum absolute atomic E-state index is 0.0285. The van der Waals surface area contributed by atoms with Crippen molar-refractivity contribution in [1.82, 2.24) is 5.32 Å². The van der Waals surface area contributed by atoms with Crippen molar-refractivity contribution in [2.24, 2.45) is 11.3 Å². The van der Waals surface area contributed by atoms with Crippen molar-refractivity contribution in [1.29, 1.82) is 0 Å². The van der Waals surface area contributed by atoms with E-state index in [9.17, 15) is 4.79 Å². The maximum atomic E-state index is 11.4. The number of rotatable bonds is 5. The number of carbonyl (C=O) groups is 1. The predicted octanol–water partition coefficient (Wildman–Crippen LogP) is 1.56. The van der Waals surface area contributed by atoms with Gasteiger partial charge in [0.2, 0.25) is 5.91 Å². The number of nitrogens with one attached hydrogen (secondary N) is 1. The summed E-state index contributed by atoms with van der Waals surface area (Å²) in [5.74, 6) is -0.269. The van der Waals surface area contributed by atoms with Gasteiger partial charge in [0.1, 0.15) is 0 Å². The van der Waals surface area contributed by atoms with Crippen LogP contribution < -0.4 is 5.32 Å². The van der Waals surface area contributed by atoms with Crippen LogP contribution in [-0.2, 0) is 4.79 Å². The lowest BCUT2D eigenvalue weighted by Gasteiger charge is -2.19. The molecule has 0 aromatic rings. The number of aliphatic hydroxyl groups excluding tert-OH is 1. The van der Waals surface area contributed by atoms with Crippen LogP contribution in [0.2, 0.25) is 0 Å². The summed E-state index contributed by atoms with van der Waals surface area (Å²) in [6.45, 7) is 8.97. The summed E-state index contributed by atoms with van der Waals surface area (Å²) in [4.78, 5) is 11.4. The third-order valence-corrected chi connectivity index (χ3v) is 2.26. The fraction of sp³-hybridized carbons (Fsp3) is 0.909. The lowest BCUT2D eigenvalue weighted by molar-refractivity contribution is -0.126. The first-order valence-corrected chi connectivity index (χ1v) is 5.29. The zero-order valence-corrected chi connectivity index (χ0v) is 9.76. The molecule has 0 aliphatic heterocycles. The van der Waals surface area contributed by atoms with E-state index in [0.717, 1.165) is 6.42 Å². The van der Waals surface area contributed by atoms with Gasteiger partial charge in [0.15, 0.2) is 0 Å².